The lowest BCUT2D eigenvalue weighted by Crippen LogP contribution is -2.49. The smallest absolute Gasteiger partial charge is 0.323 e. The Morgan fingerprint density at radius 3 is 2.44 bits per heavy atom. The molecule has 0 radical (unpaired) electrons. The first-order valence-electron chi connectivity index (χ1n) is 6.31. The zero-order chi connectivity index (χ0) is 13.5. The van der Waals surface area contributed by atoms with Crippen LogP contribution in [0.1, 0.15) is 32.6 Å². The molecule has 0 unspecified atom stereocenters. The molecule has 100 valence electrons. The van der Waals surface area contributed by atoms with E-state index in [1.165, 1.54) is 9.80 Å². The van der Waals surface area contributed by atoms with E-state index < -0.39 is 5.97 Å². The van der Waals surface area contributed by atoms with Gasteiger partial charge in [-0.2, -0.15) is 0 Å². The van der Waals surface area contributed by atoms with Gasteiger partial charge in [-0.15, -0.1) is 6.42 Å². The molecule has 0 bridgehead atoms. The topological polar surface area (TPSA) is 60.9 Å². The second-order valence-corrected chi connectivity index (χ2v) is 4.46. The second-order valence-electron chi connectivity index (χ2n) is 4.46. The largest absolute Gasteiger partial charge is 0.480 e. The molecule has 18 heavy (non-hydrogen) atoms. The number of carboxylic acid groups (broad SMARTS) is 1. The van der Waals surface area contributed by atoms with E-state index in [1.54, 1.807) is 0 Å². The zero-order valence-corrected chi connectivity index (χ0v) is 10.8. The van der Waals surface area contributed by atoms with Gasteiger partial charge in [0.2, 0.25) is 0 Å². The molecule has 5 heteroatoms. The Bertz CT molecular complexity index is 343. The summed E-state index contributed by atoms with van der Waals surface area (Å²) in [5.41, 5.74) is 0. The van der Waals surface area contributed by atoms with Crippen LogP contribution in [-0.2, 0) is 4.79 Å². The Kier molecular flexibility index (Phi) is 5.50. The molecule has 0 atom stereocenters. The van der Waals surface area contributed by atoms with E-state index in [0.717, 1.165) is 25.7 Å². The van der Waals surface area contributed by atoms with Crippen LogP contribution in [-0.4, -0.2) is 52.6 Å². The molecule has 0 saturated heterocycles. The molecule has 1 saturated carbocycles. The first kappa shape index (κ1) is 14.4. The van der Waals surface area contributed by atoms with E-state index in [9.17, 15) is 9.59 Å². The lowest BCUT2D eigenvalue weighted by Gasteiger charge is -2.32. The van der Waals surface area contributed by atoms with Gasteiger partial charge in [-0.1, -0.05) is 18.8 Å². The highest BCUT2D eigenvalue weighted by Crippen LogP contribution is 2.24. The van der Waals surface area contributed by atoms with Gasteiger partial charge >= 0.3 is 12.0 Å². The minimum atomic E-state index is -0.980. The fourth-order valence-electron chi connectivity index (χ4n) is 2.32. The summed E-state index contributed by atoms with van der Waals surface area (Å²) in [5.74, 6) is 1.45. The number of terminal acetylenes is 1. The van der Waals surface area contributed by atoms with E-state index in [0.29, 0.717) is 6.54 Å². The van der Waals surface area contributed by atoms with Crippen LogP contribution < -0.4 is 0 Å². The quantitative estimate of drug-likeness (QED) is 0.752. The van der Waals surface area contributed by atoms with Crippen molar-refractivity contribution in [1.29, 1.82) is 0 Å². The lowest BCUT2D eigenvalue weighted by molar-refractivity contribution is -0.138. The van der Waals surface area contributed by atoms with Crippen molar-refractivity contribution < 1.29 is 14.7 Å². The van der Waals surface area contributed by atoms with Gasteiger partial charge in [-0.3, -0.25) is 4.79 Å². The van der Waals surface area contributed by atoms with Crippen LogP contribution in [0.5, 0.6) is 0 Å². The number of urea groups is 1. The highest BCUT2D eigenvalue weighted by molar-refractivity contribution is 5.80. The number of aliphatic carboxylic acids is 1. The summed E-state index contributed by atoms with van der Waals surface area (Å²) < 4.78 is 0. The molecule has 1 aliphatic carbocycles. The third-order valence-corrected chi connectivity index (χ3v) is 3.25. The highest BCUT2D eigenvalue weighted by atomic mass is 16.4. The molecule has 0 aromatic carbocycles. The third kappa shape index (κ3) is 3.66. The Labute approximate surface area is 108 Å². The maximum atomic E-state index is 12.3. The Balaban J connectivity index is 2.77. The summed E-state index contributed by atoms with van der Waals surface area (Å²) in [7, 11) is 0. The Hall–Kier alpha value is -1.70. The SMILES string of the molecule is C#CCN(CC)C(=O)N(CC(=O)O)C1CCCC1. The maximum absolute atomic E-state index is 12.3. The van der Waals surface area contributed by atoms with Crippen LogP contribution in [0.15, 0.2) is 0 Å². The fourth-order valence-corrected chi connectivity index (χ4v) is 2.32. The van der Waals surface area contributed by atoms with Crippen LogP contribution in [0.3, 0.4) is 0 Å². The van der Waals surface area contributed by atoms with Crippen molar-refractivity contribution in [3.05, 3.63) is 0 Å². The van der Waals surface area contributed by atoms with E-state index in [4.69, 9.17) is 11.5 Å². The Morgan fingerprint density at radius 1 is 1.39 bits per heavy atom. The van der Waals surface area contributed by atoms with Crippen LogP contribution in [0.4, 0.5) is 4.79 Å². The van der Waals surface area contributed by atoms with Crippen molar-refractivity contribution in [1.82, 2.24) is 9.80 Å². The van der Waals surface area contributed by atoms with E-state index >= 15 is 0 Å². The molecule has 1 aliphatic rings. The predicted molar refractivity (Wildman–Crippen MR) is 68.1 cm³/mol. The first-order valence-corrected chi connectivity index (χ1v) is 6.31. The first-order chi connectivity index (χ1) is 8.60. The van der Waals surface area contributed by atoms with Gasteiger partial charge in [-0.05, 0) is 19.8 Å². The molecule has 1 fully saturated rings. The van der Waals surface area contributed by atoms with Crippen molar-refractivity contribution >= 4 is 12.0 Å². The van der Waals surface area contributed by atoms with Crippen molar-refractivity contribution in [3.63, 3.8) is 0 Å². The van der Waals surface area contributed by atoms with Crippen LogP contribution in [0.25, 0.3) is 0 Å². The predicted octanol–water partition coefficient (Wildman–Crippen LogP) is 1.39. The van der Waals surface area contributed by atoms with E-state index in [-0.39, 0.29) is 25.2 Å². The van der Waals surface area contributed by atoms with Gasteiger partial charge in [-0.25, -0.2) is 4.79 Å². The molecule has 1 rings (SSSR count). The van der Waals surface area contributed by atoms with Crippen molar-refractivity contribution in [3.8, 4) is 12.3 Å². The summed E-state index contributed by atoms with van der Waals surface area (Å²) in [6.07, 6.45) is 9.08. The van der Waals surface area contributed by atoms with Gasteiger partial charge < -0.3 is 14.9 Å². The molecule has 5 nitrogen and oxygen atoms in total. The van der Waals surface area contributed by atoms with Gasteiger partial charge in [0.15, 0.2) is 0 Å². The average molecular weight is 252 g/mol. The number of hydrogen-bond donors (Lipinski definition) is 1. The molecule has 0 aromatic rings. The van der Waals surface area contributed by atoms with E-state index in [2.05, 4.69) is 5.92 Å². The number of amides is 2. The van der Waals surface area contributed by atoms with Crippen molar-refractivity contribution in [2.75, 3.05) is 19.6 Å². The number of rotatable bonds is 5. The number of carboxylic acids is 1. The van der Waals surface area contributed by atoms with Gasteiger partial charge in [0.25, 0.3) is 0 Å². The minimum Gasteiger partial charge on any atom is -0.480 e. The molecule has 0 heterocycles. The normalized spacial score (nSPS) is 15.1. The average Bonchev–Trinajstić information content (AvgIpc) is 2.85. The monoisotopic (exact) mass is 252 g/mol. The molecule has 1 N–H and O–H groups in total. The molecule has 2 amide bonds. The zero-order valence-electron chi connectivity index (χ0n) is 10.8. The molecular weight excluding hydrogens is 232 g/mol. The fraction of sp³-hybridized carbons (Fsp3) is 0.692. The van der Waals surface area contributed by atoms with Gasteiger partial charge in [0, 0.05) is 12.6 Å². The molecule has 0 aliphatic heterocycles. The summed E-state index contributed by atoms with van der Waals surface area (Å²) >= 11 is 0. The molecule has 0 aromatic heterocycles. The summed E-state index contributed by atoms with van der Waals surface area (Å²) in [6, 6.07) is -0.217. The third-order valence-electron chi connectivity index (χ3n) is 3.25. The number of carbonyl (C=O) groups excluding carboxylic acids is 1. The highest BCUT2D eigenvalue weighted by Gasteiger charge is 2.30. The maximum Gasteiger partial charge on any atom is 0.323 e. The number of nitrogens with zero attached hydrogens (tertiary/aromatic N) is 2. The standard InChI is InChI=1S/C13H20N2O3/c1-3-9-14(4-2)13(18)15(10-12(16)17)11-7-5-6-8-11/h1,11H,4-10H2,2H3,(H,16,17). The Morgan fingerprint density at radius 2 is 2.00 bits per heavy atom. The number of carbonyl (C=O) groups is 2. The van der Waals surface area contributed by atoms with Crippen molar-refractivity contribution in [2.45, 2.75) is 38.6 Å². The lowest BCUT2D eigenvalue weighted by atomic mass is 10.2. The minimum absolute atomic E-state index is 0.0421. The summed E-state index contributed by atoms with van der Waals surface area (Å²) in [4.78, 5) is 26.1. The van der Waals surface area contributed by atoms with E-state index in [1.807, 2.05) is 6.92 Å². The van der Waals surface area contributed by atoms with Crippen molar-refractivity contribution in [2.24, 2.45) is 0 Å². The van der Waals surface area contributed by atoms with Gasteiger partial charge in [0.05, 0.1) is 6.54 Å². The molecular formula is C13H20N2O3. The van der Waals surface area contributed by atoms with Crippen LogP contribution in [0, 0.1) is 12.3 Å². The van der Waals surface area contributed by atoms with Gasteiger partial charge in [0.1, 0.15) is 6.54 Å². The summed E-state index contributed by atoms with van der Waals surface area (Å²) in [5, 5.41) is 8.92. The number of hydrogen-bond acceptors (Lipinski definition) is 2. The van der Waals surface area contributed by atoms with Crippen LogP contribution in [0.2, 0.25) is 0 Å². The summed E-state index contributed by atoms with van der Waals surface area (Å²) in [6.45, 7) is 2.30. The second kappa shape index (κ2) is 6.90. The molecule has 0 spiro atoms. The van der Waals surface area contributed by atoms with Crippen LogP contribution >= 0.6 is 0 Å².